The fraction of sp³-hybridized carbons (Fsp3) is 0.185. The molecule has 0 aromatic heterocycles. The molecule has 33 heavy (non-hydrogen) atoms. The minimum atomic E-state index is -0.479. The Morgan fingerprint density at radius 2 is 1.18 bits per heavy atom. The van der Waals surface area contributed by atoms with Crippen LogP contribution in [0.5, 0.6) is 0 Å². The topological polar surface area (TPSA) is 74.8 Å². The maximum absolute atomic E-state index is 13.4. The molecular weight excluding hydrogens is 416 g/mol. The van der Waals surface area contributed by atoms with Gasteiger partial charge in [-0.3, -0.25) is 24.1 Å². The molecule has 0 aliphatic carbocycles. The first-order valence-corrected chi connectivity index (χ1v) is 11.0. The Kier molecular flexibility index (Phi) is 4.93. The van der Waals surface area contributed by atoms with E-state index in [9.17, 15) is 19.2 Å². The molecule has 2 aliphatic heterocycles. The number of carbonyl (C=O) groups is 4. The van der Waals surface area contributed by atoms with E-state index in [2.05, 4.69) is 13.5 Å². The molecule has 0 unspecified atom stereocenters. The summed E-state index contributed by atoms with van der Waals surface area (Å²) >= 11 is 0. The largest absolute Gasteiger partial charge is 0.274 e. The Morgan fingerprint density at radius 3 is 1.64 bits per heavy atom. The van der Waals surface area contributed by atoms with Crippen LogP contribution in [0.25, 0.3) is 16.8 Å². The fourth-order valence-electron chi connectivity index (χ4n) is 4.64. The number of nitrogens with zero attached hydrogens (tertiary/aromatic N) is 2. The van der Waals surface area contributed by atoms with Crippen LogP contribution in [0.2, 0.25) is 0 Å². The molecule has 4 amide bonds. The maximum Gasteiger partial charge on any atom is 0.265 e. The standard InChI is InChI=1S/C27H22N2O4/c1-3-5-6-15-28-24(30)18-11-13-20-23-21(14-12-19(22(18)23)25(28)31)27(33)29(26(20)32)17-9-7-16(4-2)8-10-17/h4,7-14H,2-3,5-6,15H2,1H3. The van der Waals surface area contributed by atoms with Gasteiger partial charge in [0.15, 0.2) is 0 Å². The monoisotopic (exact) mass is 438 g/mol. The molecule has 5 rings (SSSR count). The van der Waals surface area contributed by atoms with Gasteiger partial charge < -0.3 is 0 Å². The van der Waals surface area contributed by atoms with Crippen molar-refractivity contribution in [3.8, 4) is 0 Å². The van der Waals surface area contributed by atoms with Gasteiger partial charge in [0.25, 0.3) is 23.6 Å². The van der Waals surface area contributed by atoms with E-state index >= 15 is 0 Å². The average Bonchev–Trinajstić information content (AvgIpc) is 2.83. The van der Waals surface area contributed by atoms with Crippen molar-refractivity contribution in [1.29, 1.82) is 0 Å². The Hall–Kier alpha value is -4.06. The minimum absolute atomic E-state index is 0.304. The first kappa shape index (κ1) is 20.8. The number of imide groups is 2. The lowest BCUT2D eigenvalue weighted by Gasteiger charge is -2.32. The quantitative estimate of drug-likeness (QED) is 0.398. The Morgan fingerprint density at radius 1 is 0.697 bits per heavy atom. The molecule has 0 atom stereocenters. The smallest absolute Gasteiger partial charge is 0.265 e. The van der Waals surface area contributed by atoms with Crippen molar-refractivity contribution in [1.82, 2.24) is 4.90 Å². The van der Waals surface area contributed by atoms with Gasteiger partial charge in [-0.15, -0.1) is 0 Å². The van der Waals surface area contributed by atoms with Crippen LogP contribution < -0.4 is 4.90 Å². The summed E-state index contributed by atoms with van der Waals surface area (Å²) in [5.74, 6) is -1.72. The highest BCUT2D eigenvalue weighted by Gasteiger charge is 2.39. The van der Waals surface area contributed by atoms with E-state index in [1.165, 1.54) is 4.90 Å². The molecular formula is C27H22N2O4. The van der Waals surface area contributed by atoms with E-state index in [4.69, 9.17) is 0 Å². The summed E-state index contributed by atoms with van der Waals surface area (Å²) in [7, 11) is 0. The lowest BCUT2D eigenvalue weighted by atomic mass is 9.85. The zero-order chi connectivity index (χ0) is 23.3. The van der Waals surface area contributed by atoms with Crippen LogP contribution in [0.4, 0.5) is 5.69 Å². The zero-order valence-electron chi connectivity index (χ0n) is 18.3. The van der Waals surface area contributed by atoms with Gasteiger partial charge in [0, 0.05) is 39.6 Å². The number of hydrogen-bond donors (Lipinski definition) is 0. The second-order valence-corrected chi connectivity index (χ2v) is 8.28. The summed E-state index contributed by atoms with van der Waals surface area (Å²) < 4.78 is 0. The molecule has 0 spiro atoms. The predicted octanol–water partition coefficient (Wildman–Crippen LogP) is 5.07. The molecule has 0 radical (unpaired) electrons. The number of unbranched alkanes of at least 4 members (excludes halogenated alkanes) is 2. The predicted molar refractivity (Wildman–Crippen MR) is 127 cm³/mol. The van der Waals surface area contributed by atoms with Crippen LogP contribution in [0.3, 0.4) is 0 Å². The molecule has 2 heterocycles. The van der Waals surface area contributed by atoms with Crippen molar-refractivity contribution >= 4 is 46.2 Å². The third kappa shape index (κ3) is 3.02. The van der Waals surface area contributed by atoms with Crippen molar-refractivity contribution in [3.63, 3.8) is 0 Å². The highest BCUT2D eigenvalue weighted by Crippen LogP contribution is 2.39. The van der Waals surface area contributed by atoms with Gasteiger partial charge in [0.05, 0.1) is 5.69 Å². The van der Waals surface area contributed by atoms with Crippen LogP contribution in [-0.2, 0) is 0 Å². The van der Waals surface area contributed by atoms with Crippen molar-refractivity contribution < 1.29 is 19.2 Å². The Labute approximate surface area is 191 Å². The molecule has 3 aromatic carbocycles. The number of benzene rings is 3. The zero-order valence-corrected chi connectivity index (χ0v) is 18.3. The summed E-state index contributed by atoms with van der Waals surface area (Å²) in [4.78, 5) is 55.5. The molecule has 6 nitrogen and oxygen atoms in total. The van der Waals surface area contributed by atoms with Gasteiger partial charge in [-0.2, -0.15) is 0 Å². The summed E-state index contributed by atoms with van der Waals surface area (Å²) in [6.07, 6.45) is 4.32. The third-order valence-corrected chi connectivity index (χ3v) is 6.35. The second-order valence-electron chi connectivity index (χ2n) is 8.28. The maximum atomic E-state index is 13.4. The molecule has 2 aliphatic rings. The first-order chi connectivity index (χ1) is 16.0. The van der Waals surface area contributed by atoms with E-state index in [0.717, 1.165) is 29.7 Å². The van der Waals surface area contributed by atoms with Crippen molar-refractivity contribution in [2.45, 2.75) is 26.2 Å². The lowest BCUT2D eigenvalue weighted by molar-refractivity contribution is 0.0606. The van der Waals surface area contributed by atoms with E-state index in [1.807, 2.05) is 0 Å². The van der Waals surface area contributed by atoms with Gasteiger partial charge in [-0.1, -0.05) is 44.6 Å². The van der Waals surface area contributed by atoms with Crippen LogP contribution in [-0.4, -0.2) is 35.1 Å². The molecule has 0 N–H and O–H groups in total. The van der Waals surface area contributed by atoms with Crippen molar-refractivity contribution in [2.24, 2.45) is 0 Å². The van der Waals surface area contributed by atoms with Crippen LogP contribution in [0, 0.1) is 0 Å². The molecule has 0 bridgehead atoms. The molecule has 164 valence electrons. The number of carbonyl (C=O) groups excluding carboxylic acids is 4. The van der Waals surface area contributed by atoms with Gasteiger partial charge in [-0.25, -0.2) is 4.90 Å². The van der Waals surface area contributed by atoms with Crippen LogP contribution >= 0.6 is 0 Å². The summed E-state index contributed by atoms with van der Waals surface area (Å²) in [6, 6.07) is 13.3. The normalized spacial score (nSPS) is 14.9. The lowest BCUT2D eigenvalue weighted by Crippen LogP contribution is -2.43. The summed E-state index contributed by atoms with van der Waals surface area (Å²) in [5.41, 5.74) is 2.63. The highest BCUT2D eigenvalue weighted by molar-refractivity contribution is 6.39. The average molecular weight is 438 g/mol. The third-order valence-electron chi connectivity index (χ3n) is 6.35. The van der Waals surface area contributed by atoms with Crippen molar-refractivity contribution in [3.05, 3.63) is 82.9 Å². The van der Waals surface area contributed by atoms with Gasteiger partial charge in [0.1, 0.15) is 0 Å². The van der Waals surface area contributed by atoms with E-state index in [-0.39, 0.29) is 11.8 Å². The molecule has 6 heteroatoms. The van der Waals surface area contributed by atoms with Gasteiger partial charge in [-0.05, 0) is 48.4 Å². The molecule has 0 saturated carbocycles. The summed E-state index contributed by atoms with van der Waals surface area (Å²) in [6.45, 7) is 6.13. The number of amides is 4. The molecule has 0 fully saturated rings. The van der Waals surface area contributed by atoms with E-state index < -0.39 is 11.8 Å². The summed E-state index contributed by atoms with van der Waals surface area (Å²) in [5, 5.41) is 0.781. The SMILES string of the molecule is C=Cc1ccc(N2C(=O)c3ccc4c5c(ccc(c35)C2=O)C(=O)N(CCCCC)C4=O)cc1. The van der Waals surface area contributed by atoms with Crippen LogP contribution in [0.1, 0.15) is 73.2 Å². The van der Waals surface area contributed by atoms with E-state index in [0.29, 0.717) is 45.3 Å². The number of hydrogen-bond acceptors (Lipinski definition) is 4. The van der Waals surface area contributed by atoms with E-state index in [1.54, 1.807) is 54.6 Å². The first-order valence-electron chi connectivity index (χ1n) is 11.0. The number of rotatable bonds is 6. The molecule has 3 aromatic rings. The number of anilines is 1. The fourth-order valence-corrected chi connectivity index (χ4v) is 4.64. The van der Waals surface area contributed by atoms with Gasteiger partial charge >= 0.3 is 0 Å². The minimum Gasteiger partial charge on any atom is -0.274 e. The van der Waals surface area contributed by atoms with Crippen LogP contribution in [0.15, 0.2) is 55.1 Å². The van der Waals surface area contributed by atoms with Gasteiger partial charge in [0.2, 0.25) is 0 Å². The Balaban J connectivity index is 1.64. The molecule has 0 saturated heterocycles. The van der Waals surface area contributed by atoms with Crippen molar-refractivity contribution in [2.75, 3.05) is 11.4 Å². The Bertz CT molecular complexity index is 1300. The second kappa shape index (κ2) is 7.81. The highest BCUT2D eigenvalue weighted by atomic mass is 16.2.